The molecule has 3 aromatic rings. The Morgan fingerprint density at radius 2 is 1.76 bits per heavy atom. The summed E-state index contributed by atoms with van der Waals surface area (Å²) in [6.07, 6.45) is 1.61. The van der Waals surface area contributed by atoms with Crippen LogP contribution in [-0.4, -0.2) is 60.1 Å². The fourth-order valence-corrected chi connectivity index (χ4v) is 4.66. The second kappa shape index (κ2) is 8.90. The SMILES string of the molecule is CC(=O)N1CCN(c2ccc(S(=O)(=O)Nc3ccn(-c4ccccc4)n3)cc2[N+](=O)[O-])CC1. The minimum atomic E-state index is -4.11. The largest absolute Gasteiger partial charge is 0.362 e. The van der Waals surface area contributed by atoms with Crippen molar-refractivity contribution in [1.29, 1.82) is 0 Å². The molecule has 0 aliphatic carbocycles. The maximum Gasteiger partial charge on any atom is 0.293 e. The summed E-state index contributed by atoms with van der Waals surface area (Å²) in [6, 6.07) is 14.5. The number of aromatic nitrogens is 2. The Morgan fingerprint density at radius 3 is 2.39 bits per heavy atom. The lowest BCUT2D eigenvalue weighted by Crippen LogP contribution is -2.48. The van der Waals surface area contributed by atoms with Gasteiger partial charge in [0.2, 0.25) is 5.91 Å². The lowest BCUT2D eigenvalue weighted by Gasteiger charge is -2.35. The number of nitro groups is 1. The van der Waals surface area contributed by atoms with Crippen LogP contribution in [0.4, 0.5) is 17.2 Å². The van der Waals surface area contributed by atoms with Gasteiger partial charge in [0.25, 0.3) is 15.7 Å². The van der Waals surface area contributed by atoms with Gasteiger partial charge in [-0.3, -0.25) is 19.6 Å². The minimum Gasteiger partial charge on any atom is -0.362 e. The standard InChI is InChI=1S/C21H22N6O5S/c1-16(28)24-11-13-25(14-12-24)19-8-7-18(15-20(19)27(29)30)33(31,32)23-21-9-10-26(22-21)17-5-3-2-4-6-17/h2-10,15H,11-14H2,1H3,(H,22,23). The van der Waals surface area contributed by atoms with Gasteiger partial charge in [0.1, 0.15) is 5.69 Å². The molecule has 2 aromatic carbocycles. The predicted octanol–water partition coefficient (Wildman–Crippen LogP) is 2.25. The van der Waals surface area contributed by atoms with E-state index in [2.05, 4.69) is 9.82 Å². The molecule has 0 saturated carbocycles. The average Bonchev–Trinajstić information content (AvgIpc) is 3.27. The van der Waals surface area contributed by atoms with E-state index in [-0.39, 0.29) is 22.3 Å². The van der Waals surface area contributed by atoms with Gasteiger partial charge in [-0.2, -0.15) is 0 Å². The monoisotopic (exact) mass is 470 g/mol. The highest BCUT2D eigenvalue weighted by Crippen LogP contribution is 2.32. The van der Waals surface area contributed by atoms with E-state index < -0.39 is 14.9 Å². The molecule has 1 fully saturated rings. The van der Waals surface area contributed by atoms with Crippen LogP contribution in [0.2, 0.25) is 0 Å². The molecule has 0 bridgehead atoms. The second-order valence-corrected chi connectivity index (χ2v) is 9.17. The van der Waals surface area contributed by atoms with E-state index in [1.54, 1.807) is 16.0 Å². The molecule has 0 radical (unpaired) electrons. The van der Waals surface area contributed by atoms with Gasteiger partial charge in [0.05, 0.1) is 15.5 Å². The van der Waals surface area contributed by atoms with Gasteiger partial charge in [-0.25, -0.2) is 13.1 Å². The maximum atomic E-state index is 12.9. The third-order valence-electron chi connectivity index (χ3n) is 5.37. The molecule has 11 nitrogen and oxygen atoms in total. The zero-order valence-electron chi connectivity index (χ0n) is 17.8. The van der Waals surface area contributed by atoms with Gasteiger partial charge in [-0.15, -0.1) is 5.10 Å². The number of carbonyl (C=O) groups is 1. The molecule has 172 valence electrons. The fourth-order valence-electron chi connectivity index (χ4n) is 3.65. The highest BCUT2D eigenvalue weighted by molar-refractivity contribution is 7.92. The number of piperazine rings is 1. The summed E-state index contributed by atoms with van der Waals surface area (Å²) in [4.78, 5) is 25.8. The van der Waals surface area contributed by atoms with Gasteiger partial charge < -0.3 is 9.80 Å². The maximum absolute atomic E-state index is 12.9. The Morgan fingerprint density at radius 1 is 1.06 bits per heavy atom. The Hall–Kier alpha value is -3.93. The molecule has 0 unspecified atom stereocenters. The number of para-hydroxylation sites is 1. The van der Waals surface area contributed by atoms with E-state index in [9.17, 15) is 23.3 Å². The first-order chi connectivity index (χ1) is 15.7. The van der Waals surface area contributed by atoms with Crippen molar-refractivity contribution in [3.63, 3.8) is 0 Å². The molecule has 1 N–H and O–H groups in total. The number of nitrogens with zero attached hydrogens (tertiary/aromatic N) is 5. The number of amides is 1. The number of sulfonamides is 1. The van der Waals surface area contributed by atoms with Crippen LogP contribution in [0, 0.1) is 10.1 Å². The molecule has 1 aromatic heterocycles. The number of hydrogen-bond acceptors (Lipinski definition) is 7. The zero-order valence-corrected chi connectivity index (χ0v) is 18.6. The average molecular weight is 471 g/mol. The summed E-state index contributed by atoms with van der Waals surface area (Å²) >= 11 is 0. The molecule has 0 atom stereocenters. The molecule has 1 aliphatic heterocycles. The van der Waals surface area contributed by atoms with Gasteiger partial charge in [-0.05, 0) is 24.3 Å². The van der Waals surface area contributed by atoms with Crippen LogP contribution in [-0.2, 0) is 14.8 Å². The molecule has 2 heterocycles. The fraction of sp³-hybridized carbons (Fsp3) is 0.238. The van der Waals surface area contributed by atoms with E-state index in [1.165, 1.54) is 29.8 Å². The molecular weight excluding hydrogens is 448 g/mol. The van der Waals surface area contributed by atoms with Crippen LogP contribution >= 0.6 is 0 Å². The quantitative estimate of drug-likeness (QED) is 0.432. The first-order valence-corrected chi connectivity index (χ1v) is 11.7. The van der Waals surface area contributed by atoms with Crippen molar-refractivity contribution in [3.05, 3.63) is 70.9 Å². The highest BCUT2D eigenvalue weighted by atomic mass is 32.2. The molecule has 12 heteroatoms. The molecule has 4 rings (SSSR count). The van der Waals surface area contributed by atoms with Crippen LogP contribution in [0.3, 0.4) is 0 Å². The Bertz CT molecular complexity index is 1280. The van der Waals surface area contributed by atoms with Crippen LogP contribution < -0.4 is 9.62 Å². The van der Waals surface area contributed by atoms with Crippen molar-refractivity contribution in [2.24, 2.45) is 0 Å². The summed E-state index contributed by atoms with van der Waals surface area (Å²) in [5.41, 5.74) is 0.757. The van der Waals surface area contributed by atoms with E-state index in [0.29, 0.717) is 31.9 Å². The van der Waals surface area contributed by atoms with E-state index >= 15 is 0 Å². The van der Waals surface area contributed by atoms with Crippen molar-refractivity contribution < 1.29 is 18.1 Å². The molecule has 1 amide bonds. The lowest BCUT2D eigenvalue weighted by molar-refractivity contribution is -0.384. The van der Waals surface area contributed by atoms with Crippen molar-refractivity contribution in [3.8, 4) is 5.69 Å². The lowest BCUT2D eigenvalue weighted by atomic mass is 10.2. The summed E-state index contributed by atoms with van der Waals surface area (Å²) in [5.74, 6) is 0.0392. The topological polar surface area (TPSA) is 131 Å². The van der Waals surface area contributed by atoms with Crippen molar-refractivity contribution in [2.45, 2.75) is 11.8 Å². The minimum absolute atomic E-state index is 0.0497. The van der Waals surface area contributed by atoms with Crippen molar-refractivity contribution in [1.82, 2.24) is 14.7 Å². The molecule has 1 saturated heterocycles. The third kappa shape index (κ3) is 4.80. The molecule has 1 aliphatic rings. The third-order valence-corrected chi connectivity index (χ3v) is 6.72. The molecular formula is C21H22N6O5S. The van der Waals surface area contributed by atoms with Crippen LogP contribution in [0.1, 0.15) is 6.92 Å². The zero-order chi connectivity index (χ0) is 23.6. The van der Waals surface area contributed by atoms with Crippen LogP contribution in [0.25, 0.3) is 5.69 Å². The second-order valence-electron chi connectivity index (χ2n) is 7.49. The Balaban J connectivity index is 1.56. The molecule has 0 spiro atoms. The van der Waals surface area contributed by atoms with E-state index in [0.717, 1.165) is 11.8 Å². The summed E-state index contributed by atoms with van der Waals surface area (Å²) < 4.78 is 29.7. The number of carbonyl (C=O) groups excluding carboxylic acids is 1. The smallest absolute Gasteiger partial charge is 0.293 e. The molecule has 33 heavy (non-hydrogen) atoms. The highest BCUT2D eigenvalue weighted by Gasteiger charge is 2.27. The van der Waals surface area contributed by atoms with Crippen molar-refractivity contribution in [2.75, 3.05) is 35.8 Å². The van der Waals surface area contributed by atoms with Gasteiger partial charge in [-0.1, -0.05) is 18.2 Å². The Kier molecular flexibility index (Phi) is 6.01. The number of hydrogen-bond donors (Lipinski definition) is 1. The van der Waals surface area contributed by atoms with E-state index in [1.807, 2.05) is 30.3 Å². The number of rotatable bonds is 6. The summed E-state index contributed by atoms with van der Waals surface area (Å²) in [5, 5.41) is 15.9. The van der Waals surface area contributed by atoms with Crippen LogP contribution in [0.5, 0.6) is 0 Å². The Labute approximate surface area is 190 Å². The number of nitro benzene ring substituents is 1. The van der Waals surface area contributed by atoms with Gasteiger partial charge in [0, 0.05) is 51.4 Å². The normalized spacial score (nSPS) is 14.2. The summed E-state index contributed by atoms with van der Waals surface area (Å²) in [6.45, 7) is 3.20. The number of nitrogens with one attached hydrogen (secondary N) is 1. The van der Waals surface area contributed by atoms with Crippen LogP contribution in [0.15, 0.2) is 65.7 Å². The summed E-state index contributed by atoms with van der Waals surface area (Å²) in [7, 11) is -4.11. The van der Waals surface area contributed by atoms with Crippen molar-refractivity contribution >= 4 is 33.1 Å². The first-order valence-electron chi connectivity index (χ1n) is 10.2. The predicted molar refractivity (Wildman–Crippen MR) is 122 cm³/mol. The van der Waals surface area contributed by atoms with Gasteiger partial charge in [0.15, 0.2) is 5.82 Å². The number of anilines is 2. The van der Waals surface area contributed by atoms with E-state index in [4.69, 9.17) is 0 Å². The van der Waals surface area contributed by atoms with Gasteiger partial charge >= 0.3 is 0 Å². The first kappa shape index (κ1) is 22.3. The number of benzene rings is 2.